The Bertz CT molecular complexity index is 3790. The molecule has 2 heteroatoms. The van der Waals surface area contributed by atoms with Crippen molar-refractivity contribution in [2.24, 2.45) is 4.99 Å². The second-order valence-electron chi connectivity index (χ2n) is 18.1. The van der Waals surface area contributed by atoms with Crippen LogP contribution in [-0.2, 0) is 12.8 Å². The van der Waals surface area contributed by atoms with Gasteiger partial charge in [-0.2, -0.15) is 0 Å². The first-order valence-electron chi connectivity index (χ1n) is 23.4. The summed E-state index contributed by atoms with van der Waals surface area (Å²) in [6.45, 7) is 2.31. The summed E-state index contributed by atoms with van der Waals surface area (Å²) >= 11 is 0. The first kappa shape index (κ1) is 38.4. The first-order chi connectivity index (χ1) is 32.7. The third-order valence-electron chi connectivity index (χ3n) is 14.4. The molecular formula is C64H46N2. The molecule has 10 aromatic carbocycles. The van der Waals surface area contributed by atoms with E-state index in [1.807, 2.05) is 0 Å². The Morgan fingerprint density at radius 1 is 0.470 bits per heavy atom. The average Bonchev–Trinajstić information content (AvgIpc) is 3.62. The number of aromatic nitrogens is 1. The maximum atomic E-state index is 5.77. The van der Waals surface area contributed by atoms with Gasteiger partial charge in [0.25, 0.3) is 0 Å². The highest BCUT2D eigenvalue weighted by Crippen LogP contribution is 2.47. The summed E-state index contributed by atoms with van der Waals surface area (Å²) in [5.41, 5.74) is 20.1. The molecule has 1 aliphatic carbocycles. The van der Waals surface area contributed by atoms with Crippen molar-refractivity contribution in [3.63, 3.8) is 0 Å². The Morgan fingerprint density at radius 2 is 1.09 bits per heavy atom. The normalized spacial score (nSPS) is 14.6. The largest absolute Gasteiger partial charge is 0.293 e. The summed E-state index contributed by atoms with van der Waals surface area (Å²) in [7, 11) is 0. The van der Waals surface area contributed by atoms with Crippen LogP contribution in [0.25, 0.3) is 82.3 Å². The molecule has 11 aromatic rings. The fourth-order valence-corrected chi connectivity index (χ4v) is 11.3. The maximum Gasteiger partial charge on any atom is 0.146 e. The Hall–Kier alpha value is -8.07. The molecule has 312 valence electrons. The number of fused-ring (bicyclic) bond motifs is 10. The van der Waals surface area contributed by atoms with Gasteiger partial charge in [0.2, 0.25) is 0 Å². The van der Waals surface area contributed by atoms with Crippen LogP contribution in [0.3, 0.4) is 0 Å². The lowest BCUT2D eigenvalue weighted by Crippen LogP contribution is -2.16. The average molecular weight is 843 g/mol. The van der Waals surface area contributed by atoms with Gasteiger partial charge in [0, 0.05) is 22.3 Å². The van der Waals surface area contributed by atoms with Crippen molar-refractivity contribution in [2.75, 3.05) is 0 Å². The van der Waals surface area contributed by atoms with Crippen LogP contribution in [0.5, 0.6) is 0 Å². The van der Waals surface area contributed by atoms with Crippen LogP contribution in [0.15, 0.2) is 229 Å². The lowest BCUT2D eigenvalue weighted by Gasteiger charge is -2.29. The van der Waals surface area contributed by atoms with Crippen LogP contribution in [0.4, 0.5) is 5.69 Å². The molecule has 2 aliphatic rings. The molecule has 1 aromatic heterocycles. The van der Waals surface area contributed by atoms with Crippen LogP contribution < -0.4 is 0 Å². The SMILES string of the molecule is CCC1=C(c2ccc(-c3ccccc3-c3ccccc3)cc2)C(n2c3ccc(C4Cc5ccccc5-c5cc6ccccc6cc54)cc3c3c4ccccc4ccc32)=Nc2ccccc2C1. The fourth-order valence-electron chi connectivity index (χ4n) is 11.3. The molecule has 0 fully saturated rings. The number of hydrogen-bond donors (Lipinski definition) is 0. The van der Waals surface area contributed by atoms with E-state index in [0.717, 1.165) is 30.8 Å². The van der Waals surface area contributed by atoms with Gasteiger partial charge in [0.05, 0.1) is 16.7 Å². The van der Waals surface area contributed by atoms with E-state index in [2.05, 4.69) is 230 Å². The molecule has 0 radical (unpaired) electrons. The van der Waals surface area contributed by atoms with Gasteiger partial charge in [-0.1, -0.05) is 194 Å². The number of nitrogens with zero attached hydrogens (tertiary/aromatic N) is 2. The van der Waals surface area contributed by atoms with E-state index in [1.165, 1.54) is 116 Å². The van der Waals surface area contributed by atoms with E-state index in [0.29, 0.717) is 0 Å². The van der Waals surface area contributed by atoms with Crippen LogP contribution in [-0.4, -0.2) is 10.4 Å². The van der Waals surface area contributed by atoms with Crippen molar-refractivity contribution in [3.05, 3.63) is 252 Å². The van der Waals surface area contributed by atoms with Crippen molar-refractivity contribution < 1.29 is 0 Å². The van der Waals surface area contributed by atoms with Gasteiger partial charge < -0.3 is 0 Å². The van der Waals surface area contributed by atoms with Crippen molar-refractivity contribution in [2.45, 2.75) is 32.1 Å². The zero-order chi connectivity index (χ0) is 43.7. The van der Waals surface area contributed by atoms with Gasteiger partial charge in [0.1, 0.15) is 5.84 Å². The van der Waals surface area contributed by atoms with E-state index >= 15 is 0 Å². The summed E-state index contributed by atoms with van der Waals surface area (Å²) < 4.78 is 2.49. The number of benzene rings is 10. The van der Waals surface area contributed by atoms with Crippen LogP contribution in [0, 0.1) is 0 Å². The topological polar surface area (TPSA) is 17.3 Å². The molecule has 0 saturated heterocycles. The van der Waals surface area contributed by atoms with Gasteiger partial charge in [-0.05, 0) is 138 Å². The smallest absolute Gasteiger partial charge is 0.146 e. The Balaban J connectivity index is 1.03. The molecule has 1 aliphatic heterocycles. The second-order valence-corrected chi connectivity index (χ2v) is 18.1. The van der Waals surface area contributed by atoms with E-state index in [-0.39, 0.29) is 5.92 Å². The molecule has 0 amide bonds. The lowest BCUT2D eigenvalue weighted by atomic mass is 9.75. The minimum Gasteiger partial charge on any atom is -0.293 e. The standard InChI is InChI=1S/C64H46N2/c1-2-41-36-50-22-10-15-27-59(50)65-64(62(41)45-30-28-44(29-31-45)52-24-14-13-23-51(52)42-16-4-3-5-17-42)66-60-34-33-49(40-58(60)63-54-26-12-8-18-43(54)32-35-61(63)66)55-39-48-21-9-11-25-53(48)56-37-46-19-6-7-20-47(46)38-57(55)56/h3-35,37-38,40,55H,2,36,39H2,1H3. The minimum atomic E-state index is 0.201. The molecule has 2 heterocycles. The van der Waals surface area contributed by atoms with E-state index in [4.69, 9.17) is 4.99 Å². The first-order valence-corrected chi connectivity index (χ1v) is 23.4. The molecule has 1 unspecified atom stereocenters. The molecule has 0 saturated carbocycles. The third-order valence-corrected chi connectivity index (χ3v) is 14.4. The maximum absolute atomic E-state index is 5.77. The highest BCUT2D eigenvalue weighted by molar-refractivity contribution is 6.33. The summed E-state index contributed by atoms with van der Waals surface area (Å²) in [4.78, 5) is 5.77. The van der Waals surface area contributed by atoms with Gasteiger partial charge in [0.15, 0.2) is 0 Å². The second kappa shape index (κ2) is 15.6. The van der Waals surface area contributed by atoms with Crippen molar-refractivity contribution in [1.82, 2.24) is 4.57 Å². The highest BCUT2D eigenvalue weighted by atomic mass is 15.1. The molecule has 2 nitrogen and oxygen atoms in total. The van der Waals surface area contributed by atoms with Crippen molar-refractivity contribution in [3.8, 4) is 33.4 Å². The molecule has 13 rings (SSSR count). The number of hydrogen-bond acceptors (Lipinski definition) is 1. The Kier molecular flexibility index (Phi) is 9.06. The Morgan fingerprint density at radius 3 is 1.88 bits per heavy atom. The number of aliphatic imine (C=N–C) groups is 1. The molecule has 66 heavy (non-hydrogen) atoms. The third kappa shape index (κ3) is 6.20. The van der Waals surface area contributed by atoms with Gasteiger partial charge >= 0.3 is 0 Å². The van der Waals surface area contributed by atoms with Crippen LogP contribution in [0.1, 0.15) is 47.1 Å². The molecule has 0 spiro atoms. The van der Waals surface area contributed by atoms with Crippen molar-refractivity contribution >= 4 is 60.4 Å². The van der Waals surface area contributed by atoms with Crippen LogP contribution >= 0.6 is 0 Å². The predicted molar refractivity (Wildman–Crippen MR) is 279 cm³/mol. The van der Waals surface area contributed by atoms with Crippen LogP contribution in [0.2, 0.25) is 0 Å². The molecular weight excluding hydrogens is 797 g/mol. The van der Waals surface area contributed by atoms with Gasteiger partial charge in [-0.25, -0.2) is 4.99 Å². The highest BCUT2D eigenvalue weighted by Gasteiger charge is 2.30. The fraction of sp³-hybridized carbons (Fsp3) is 0.0781. The monoisotopic (exact) mass is 842 g/mol. The lowest BCUT2D eigenvalue weighted by molar-refractivity contribution is 0.796. The zero-order valence-electron chi connectivity index (χ0n) is 36.9. The summed E-state index contributed by atoms with van der Waals surface area (Å²) in [6, 6.07) is 81.0. The number of para-hydroxylation sites is 1. The zero-order valence-corrected chi connectivity index (χ0v) is 36.9. The quantitative estimate of drug-likeness (QED) is 0.164. The molecule has 0 bridgehead atoms. The summed E-state index contributed by atoms with van der Waals surface area (Å²) in [5, 5.41) is 7.59. The predicted octanol–water partition coefficient (Wildman–Crippen LogP) is 16.8. The number of rotatable bonds is 5. The van der Waals surface area contributed by atoms with Crippen molar-refractivity contribution in [1.29, 1.82) is 0 Å². The van der Waals surface area contributed by atoms with E-state index < -0.39 is 0 Å². The number of allylic oxidation sites excluding steroid dienone is 2. The van der Waals surface area contributed by atoms with E-state index in [1.54, 1.807) is 0 Å². The summed E-state index contributed by atoms with van der Waals surface area (Å²) in [5.74, 6) is 1.17. The van der Waals surface area contributed by atoms with E-state index in [9.17, 15) is 0 Å². The minimum absolute atomic E-state index is 0.201. The Labute approximate surface area is 385 Å². The molecule has 0 N–H and O–H groups in total. The van der Waals surface area contributed by atoms with Gasteiger partial charge in [-0.3, -0.25) is 4.57 Å². The van der Waals surface area contributed by atoms with Gasteiger partial charge in [-0.15, -0.1) is 0 Å². The molecule has 1 atom stereocenters. The summed E-state index contributed by atoms with van der Waals surface area (Å²) in [6.07, 6.45) is 2.70.